The number of para-hydroxylation sites is 2. The Morgan fingerprint density at radius 1 is 0.971 bits per heavy atom. The van der Waals surface area contributed by atoms with Crippen LogP contribution in [0.25, 0.3) is 17.0 Å². The van der Waals surface area contributed by atoms with Crippen molar-refractivity contribution >= 4 is 45.5 Å². The van der Waals surface area contributed by atoms with Crippen LogP contribution in [0, 0.1) is 19.7 Å². The van der Waals surface area contributed by atoms with Crippen molar-refractivity contribution < 1.29 is 9.18 Å². The fraction of sp³-hybridized carbons (Fsp3) is 0.172. The van der Waals surface area contributed by atoms with E-state index in [1.54, 1.807) is 17.0 Å². The summed E-state index contributed by atoms with van der Waals surface area (Å²) in [5.74, 6) is -0.273. The number of hydrogen-bond acceptors (Lipinski definition) is 3. The van der Waals surface area contributed by atoms with Crippen molar-refractivity contribution in [2.45, 2.75) is 27.3 Å². The molecular weight excluding hydrogens is 457 g/mol. The second kappa shape index (κ2) is 9.55. The van der Waals surface area contributed by atoms with Gasteiger partial charge in [0.2, 0.25) is 0 Å². The molecule has 1 aliphatic rings. The van der Waals surface area contributed by atoms with Crippen molar-refractivity contribution in [1.82, 2.24) is 9.47 Å². The first kappa shape index (κ1) is 23.1. The molecule has 3 aromatic carbocycles. The molecule has 0 N–H and O–H groups in total. The summed E-state index contributed by atoms with van der Waals surface area (Å²) < 4.78 is 15.5. The van der Waals surface area contributed by atoms with Gasteiger partial charge in [-0.2, -0.15) is 0 Å². The summed E-state index contributed by atoms with van der Waals surface area (Å²) in [6, 6.07) is 20.8. The second-order valence-corrected chi connectivity index (χ2v) is 9.66. The average Bonchev–Trinajstić information content (AvgIpc) is 3.34. The molecule has 4 nitrogen and oxygen atoms in total. The monoisotopic (exact) mass is 483 g/mol. The summed E-state index contributed by atoms with van der Waals surface area (Å²) in [5.41, 5.74) is 6.14. The number of benzene rings is 3. The van der Waals surface area contributed by atoms with Gasteiger partial charge in [-0.15, -0.1) is 0 Å². The zero-order valence-electron chi connectivity index (χ0n) is 20.0. The number of aromatic nitrogens is 1. The largest absolute Gasteiger partial charge is 0.342 e. The van der Waals surface area contributed by atoms with E-state index in [9.17, 15) is 9.18 Å². The number of likely N-dealkylation sites (N-methyl/N-ethyl adjacent to an activating group) is 1. The predicted molar refractivity (Wildman–Crippen MR) is 143 cm³/mol. The van der Waals surface area contributed by atoms with Gasteiger partial charge < -0.3 is 4.57 Å². The molecule has 1 fully saturated rings. The minimum atomic E-state index is -0.243. The molecule has 0 atom stereocenters. The third kappa shape index (κ3) is 4.54. The minimum absolute atomic E-state index is 0.0298. The van der Waals surface area contributed by atoms with Crippen LogP contribution in [-0.2, 0) is 11.3 Å². The molecule has 1 aromatic heterocycles. The molecule has 1 saturated heterocycles. The molecule has 176 valence electrons. The highest BCUT2D eigenvalue weighted by molar-refractivity contribution is 8.18. The first-order valence-corrected chi connectivity index (χ1v) is 12.4. The smallest absolute Gasteiger partial charge is 0.266 e. The lowest BCUT2D eigenvalue weighted by Gasteiger charge is -2.13. The number of halogens is 1. The quantitative estimate of drug-likeness (QED) is 0.285. The topological polar surface area (TPSA) is 37.6 Å². The maximum atomic E-state index is 13.4. The zero-order chi connectivity index (χ0) is 24.5. The molecule has 5 rings (SSSR count). The normalized spacial score (nSPS) is 16.2. The Bertz CT molecular complexity index is 1460. The van der Waals surface area contributed by atoms with Crippen LogP contribution in [0.4, 0.5) is 10.1 Å². The number of rotatable bonds is 5. The Kier molecular flexibility index (Phi) is 6.31. The predicted octanol–water partition coefficient (Wildman–Crippen LogP) is 7.07. The second-order valence-electron chi connectivity index (χ2n) is 8.65. The number of nitrogens with zero attached hydrogens (tertiary/aromatic N) is 3. The highest BCUT2D eigenvalue weighted by Crippen LogP contribution is 2.36. The van der Waals surface area contributed by atoms with Gasteiger partial charge in [0.1, 0.15) is 5.82 Å². The summed E-state index contributed by atoms with van der Waals surface area (Å²) in [6.45, 7) is 7.22. The minimum Gasteiger partial charge on any atom is -0.342 e. The van der Waals surface area contributed by atoms with E-state index in [1.165, 1.54) is 23.9 Å². The number of amides is 1. The van der Waals surface area contributed by atoms with E-state index in [2.05, 4.69) is 22.9 Å². The van der Waals surface area contributed by atoms with Gasteiger partial charge in [-0.25, -0.2) is 9.38 Å². The molecule has 0 bridgehead atoms. The molecule has 0 aliphatic carbocycles. The summed E-state index contributed by atoms with van der Waals surface area (Å²) in [6.07, 6.45) is 4.03. The highest BCUT2D eigenvalue weighted by Gasteiger charge is 2.32. The summed E-state index contributed by atoms with van der Waals surface area (Å²) >= 11 is 1.42. The molecule has 2 heterocycles. The van der Waals surface area contributed by atoms with Crippen molar-refractivity contribution in [3.8, 4) is 0 Å². The number of fused-ring (bicyclic) bond motifs is 1. The maximum absolute atomic E-state index is 13.4. The molecule has 0 radical (unpaired) electrons. The Hall–Kier alpha value is -3.64. The number of aliphatic imine (C=N–C) groups is 1. The Labute approximate surface area is 208 Å². The lowest BCUT2D eigenvalue weighted by molar-refractivity contribution is -0.122. The molecule has 35 heavy (non-hydrogen) atoms. The van der Waals surface area contributed by atoms with Crippen LogP contribution in [0.1, 0.15) is 29.2 Å². The molecule has 1 aliphatic heterocycles. The van der Waals surface area contributed by atoms with Gasteiger partial charge in [0, 0.05) is 35.8 Å². The van der Waals surface area contributed by atoms with Crippen LogP contribution < -0.4 is 0 Å². The van der Waals surface area contributed by atoms with E-state index in [0.29, 0.717) is 23.2 Å². The van der Waals surface area contributed by atoms with E-state index in [4.69, 9.17) is 4.99 Å². The Morgan fingerprint density at radius 3 is 2.40 bits per heavy atom. The van der Waals surface area contributed by atoms with Crippen LogP contribution in [0.5, 0.6) is 0 Å². The average molecular weight is 484 g/mol. The fourth-order valence-electron chi connectivity index (χ4n) is 4.40. The molecule has 1 amide bonds. The van der Waals surface area contributed by atoms with Gasteiger partial charge in [-0.05, 0) is 73.5 Å². The molecule has 0 unspecified atom stereocenters. The van der Waals surface area contributed by atoms with Crippen LogP contribution in [0.2, 0.25) is 0 Å². The van der Waals surface area contributed by atoms with E-state index in [-0.39, 0.29) is 11.7 Å². The SMILES string of the molecule is CCN1C(=O)/C(=C\c2cn(Cc3ccc(F)cc3)c3ccccc23)SC1=Nc1c(C)cccc1C. The summed E-state index contributed by atoms with van der Waals surface area (Å²) in [4.78, 5) is 20.6. The number of aryl methyl sites for hydroxylation is 2. The van der Waals surface area contributed by atoms with E-state index < -0.39 is 0 Å². The third-order valence-electron chi connectivity index (χ3n) is 6.22. The lowest BCUT2D eigenvalue weighted by atomic mass is 10.1. The molecule has 0 spiro atoms. The van der Waals surface area contributed by atoms with Crippen LogP contribution in [-0.4, -0.2) is 27.1 Å². The number of carbonyl (C=O) groups excluding carboxylic acids is 1. The van der Waals surface area contributed by atoms with E-state index in [1.807, 2.05) is 57.2 Å². The molecular formula is C29H26FN3OS. The number of hydrogen-bond donors (Lipinski definition) is 0. The first-order chi connectivity index (χ1) is 16.9. The molecule has 6 heteroatoms. The van der Waals surface area contributed by atoms with Gasteiger partial charge in [0.15, 0.2) is 5.17 Å². The summed E-state index contributed by atoms with van der Waals surface area (Å²) in [7, 11) is 0. The first-order valence-electron chi connectivity index (χ1n) is 11.6. The van der Waals surface area contributed by atoms with Crippen molar-refractivity contribution in [2.24, 2.45) is 4.99 Å². The highest BCUT2D eigenvalue weighted by atomic mass is 32.2. The maximum Gasteiger partial charge on any atom is 0.266 e. The van der Waals surface area contributed by atoms with Crippen molar-refractivity contribution in [3.63, 3.8) is 0 Å². The van der Waals surface area contributed by atoms with Crippen LogP contribution in [0.15, 0.2) is 82.8 Å². The number of carbonyl (C=O) groups is 1. The van der Waals surface area contributed by atoms with E-state index in [0.717, 1.165) is 38.8 Å². The van der Waals surface area contributed by atoms with Gasteiger partial charge in [0.25, 0.3) is 5.91 Å². The molecule has 4 aromatic rings. The van der Waals surface area contributed by atoms with Crippen molar-refractivity contribution in [1.29, 1.82) is 0 Å². The number of thioether (sulfide) groups is 1. The van der Waals surface area contributed by atoms with Crippen LogP contribution in [0.3, 0.4) is 0 Å². The Balaban J connectivity index is 1.53. The van der Waals surface area contributed by atoms with Gasteiger partial charge >= 0.3 is 0 Å². The van der Waals surface area contributed by atoms with Gasteiger partial charge in [-0.3, -0.25) is 9.69 Å². The third-order valence-corrected chi connectivity index (χ3v) is 7.23. The van der Waals surface area contributed by atoms with Crippen molar-refractivity contribution in [2.75, 3.05) is 6.54 Å². The zero-order valence-corrected chi connectivity index (χ0v) is 20.8. The van der Waals surface area contributed by atoms with Gasteiger partial charge in [-0.1, -0.05) is 48.5 Å². The summed E-state index contributed by atoms with van der Waals surface area (Å²) in [5, 5.41) is 1.77. The lowest BCUT2D eigenvalue weighted by Crippen LogP contribution is -2.28. The van der Waals surface area contributed by atoms with Crippen molar-refractivity contribution in [3.05, 3.63) is 106 Å². The standard InChI is InChI=1S/C29H26FN3OS/c1-4-33-28(34)26(35-29(33)31-27-19(2)8-7-9-20(27)3)16-22-18-32(25-11-6-5-10-24(22)25)17-21-12-14-23(30)15-13-21/h5-16,18H,4,17H2,1-3H3/b26-16+,31-29?. The molecule has 0 saturated carbocycles. The fourth-order valence-corrected chi connectivity index (χ4v) is 5.44. The van der Waals surface area contributed by atoms with E-state index >= 15 is 0 Å². The Morgan fingerprint density at radius 2 is 1.69 bits per heavy atom. The van der Waals surface area contributed by atoms with Gasteiger partial charge in [0.05, 0.1) is 10.6 Å². The number of amidine groups is 1. The van der Waals surface area contributed by atoms with Crippen LogP contribution >= 0.6 is 11.8 Å².